The molecular formula is C10H18BF3KNO2. The van der Waals surface area contributed by atoms with Crippen LogP contribution in [0.1, 0.15) is 40.0 Å². The van der Waals surface area contributed by atoms with Crippen LogP contribution in [0.2, 0.25) is 5.82 Å². The van der Waals surface area contributed by atoms with Crippen LogP contribution in [0.3, 0.4) is 0 Å². The summed E-state index contributed by atoms with van der Waals surface area (Å²) in [5.41, 5.74) is -0.629. The monoisotopic (exact) mass is 291 g/mol. The fraction of sp³-hybridized carbons (Fsp3) is 0.900. The third-order valence-electron chi connectivity index (χ3n) is 2.73. The van der Waals surface area contributed by atoms with E-state index in [1.54, 1.807) is 20.8 Å². The molecule has 1 aliphatic carbocycles. The maximum atomic E-state index is 12.5. The average Bonchev–Trinajstić information content (AvgIpc) is 2.47. The van der Waals surface area contributed by atoms with Gasteiger partial charge in [-0.05, 0) is 27.2 Å². The Labute approximate surface area is 148 Å². The zero-order valence-electron chi connectivity index (χ0n) is 11.3. The van der Waals surface area contributed by atoms with Gasteiger partial charge in [-0.1, -0.05) is 18.7 Å². The molecule has 1 N–H and O–H groups in total. The summed E-state index contributed by atoms with van der Waals surface area (Å²) in [6.45, 7) is 0.344. The predicted molar refractivity (Wildman–Crippen MR) is 59.8 cm³/mol. The molecule has 18 heavy (non-hydrogen) atoms. The Balaban J connectivity index is 0.00000289. The second-order valence-corrected chi connectivity index (χ2v) is 5.54. The van der Waals surface area contributed by atoms with Crippen molar-refractivity contribution in [2.75, 3.05) is 0 Å². The minimum Gasteiger partial charge on any atom is -0.449 e. The van der Waals surface area contributed by atoms with E-state index in [1.165, 1.54) is 0 Å². The van der Waals surface area contributed by atoms with Crippen molar-refractivity contribution in [2.45, 2.75) is 57.5 Å². The minimum absolute atomic E-state index is 0. The molecule has 1 saturated carbocycles. The van der Waals surface area contributed by atoms with E-state index in [-0.39, 0.29) is 64.2 Å². The Morgan fingerprint density at radius 3 is 2.22 bits per heavy atom. The predicted octanol–water partition coefficient (Wildman–Crippen LogP) is 0.285. The summed E-state index contributed by atoms with van der Waals surface area (Å²) in [4.78, 5) is 11.4. The summed E-state index contributed by atoms with van der Waals surface area (Å²) in [5.74, 6) is -1.24. The molecule has 0 radical (unpaired) electrons. The SMILES string of the molecule is CC(C)(C)OC(=O)NC1CCC([B-](F)(F)F)C1.[K+]. The molecule has 8 heteroatoms. The molecule has 2 unspecified atom stereocenters. The van der Waals surface area contributed by atoms with Crippen LogP contribution in [0.15, 0.2) is 0 Å². The van der Waals surface area contributed by atoms with Gasteiger partial charge in [-0.2, -0.15) is 0 Å². The van der Waals surface area contributed by atoms with Crippen LogP contribution >= 0.6 is 0 Å². The second kappa shape index (κ2) is 6.97. The molecule has 0 spiro atoms. The second-order valence-electron chi connectivity index (χ2n) is 5.54. The molecule has 3 nitrogen and oxygen atoms in total. The van der Waals surface area contributed by atoms with Gasteiger partial charge in [-0.3, -0.25) is 0 Å². The van der Waals surface area contributed by atoms with Crippen LogP contribution in [0, 0.1) is 0 Å². The standard InChI is InChI=1S/C10H18BF3NO2.K/c1-10(2,3)17-9(16)15-8-5-4-7(6-8)11(12,13)14;/h7-8H,4-6H2,1-3H3,(H,15,16);/q-1;+1. The molecule has 0 aliphatic heterocycles. The Morgan fingerprint density at radius 2 is 1.83 bits per heavy atom. The number of hydrogen-bond acceptors (Lipinski definition) is 2. The van der Waals surface area contributed by atoms with E-state index in [4.69, 9.17) is 4.74 Å². The largest absolute Gasteiger partial charge is 1.00 e. The van der Waals surface area contributed by atoms with Crippen molar-refractivity contribution in [1.29, 1.82) is 0 Å². The van der Waals surface area contributed by atoms with Gasteiger partial charge in [-0.15, -0.1) is 0 Å². The molecular weight excluding hydrogens is 273 g/mol. The van der Waals surface area contributed by atoms with Crippen molar-refractivity contribution < 1.29 is 73.9 Å². The third-order valence-corrected chi connectivity index (χ3v) is 2.73. The van der Waals surface area contributed by atoms with Crippen LogP contribution in [0.4, 0.5) is 17.7 Å². The third kappa shape index (κ3) is 6.79. The number of ether oxygens (including phenoxy) is 1. The van der Waals surface area contributed by atoms with E-state index in [9.17, 15) is 17.7 Å². The fourth-order valence-electron chi connectivity index (χ4n) is 1.97. The quantitative estimate of drug-likeness (QED) is 0.743. The number of carbonyl (C=O) groups is 1. The van der Waals surface area contributed by atoms with Crippen LogP contribution in [0.25, 0.3) is 0 Å². The molecule has 1 rings (SSSR count). The molecule has 1 aliphatic rings. The van der Waals surface area contributed by atoms with E-state index >= 15 is 0 Å². The van der Waals surface area contributed by atoms with Gasteiger partial charge in [0.2, 0.25) is 0 Å². The molecule has 2 atom stereocenters. The minimum atomic E-state index is -4.79. The Hall–Kier alpha value is 0.761. The van der Waals surface area contributed by atoms with Crippen LogP contribution < -0.4 is 56.7 Å². The topological polar surface area (TPSA) is 38.3 Å². The number of hydrogen-bond donors (Lipinski definition) is 1. The van der Waals surface area contributed by atoms with E-state index in [1.807, 2.05) is 0 Å². The number of halogens is 3. The van der Waals surface area contributed by atoms with Crippen molar-refractivity contribution in [3.63, 3.8) is 0 Å². The van der Waals surface area contributed by atoms with Crippen molar-refractivity contribution in [2.24, 2.45) is 0 Å². The first-order valence-electron chi connectivity index (χ1n) is 5.77. The molecule has 100 valence electrons. The van der Waals surface area contributed by atoms with Crippen LogP contribution in [-0.2, 0) is 4.74 Å². The average molecular weight is 291 g/mol. The normalized spacial score (nSPS) is 24.3. The Bertz CT molecular complexity index is 294. The van der Waals surface area contributed by atoms with Gasteiger partial charge in [0.1, 0.15) is 5.60 Å². The van der Waals surface area contributed by atoms with Gasteiger partial charge in [0.15, 0.2) is 0 Å². The van der Waals surface area contributed by atoms with E-state index in [0.717, 1.165) is 0 Å². The number of amides is 1. The zero-order chi connectivity index (χ0) is 13.3. The molecule has 0 aromatic heterocycles. The first-order valence-corrected chi connectivity index (χ1v) is 5.77. The number of carbonyl (C=O) groups excluding carboxylic acids is 1. The molecule has 1 amide bonds. The van der Waals surface area contributed by atoms with Crippen molar-refractivity contribution >= 4 is 13.1 Å². The van der Waals surface area contributed by atoms with Gasteiger partial charge >= 0.3 is 64.5 Å². The molecule has 0 heterocycles. The van der Waals surface area contributed by atoms with Crippen molar-refractivity contribution in [3.05, 3.63) is 0 Å². The first-order chi connectivity index (χ1) is 7.58. The van der Waals surface area contributed by atoms with E-state index in [0.29, 0.717) is 6.42 Å². The maximum absolute atomic E-state index is 12.5. The maximum Gasteiger partial charge on any atom is 1.00 e. The molecule has 0 saturated heterocycles. The Morgan fingerprint density at radius 1 is 1.28 bits per heavy atom. The Kier molecular flexibility index (Phi) is 7.26. The summed E-state index contributed by atoms with van der Waals surface area (Å²) in [7, 11) is 0. The van der Waals surface area contributed by atoms with Crippen molar-refractivity contribution in [3.8, 4) is 0 Å². The van der Waals surface area contributed by atoms with Gasteiger partial charge in [0.05, 0.1) is 0 Å². The van der Waals surface area contributed by atoms with Crippen LogP contribution in [-0.4, -0.2) is 24.7 Å². The van der Waals surface area contributed by atoms with Gasteiger partial charge in [-0.25, -0.2) is 4.79 Å². The summed E-state index contributed by atoms with van der Waals surface area (Å²) >= 11 is 0. The summed E-state index contributed by atoms with van der Waals surface area (Å²) in [6.07, 6.45) is -0.199. The fourth-order valence-corrected chi connectivity index (χ4v) is 1.97. The van der Waals surface area contributed by atoms with Gasteiger partial charge in [0.25, 0.3) is 0 Å². The van der Waals surface area contributed by atoms with Crippen molar-refractivity contribution in [1.82, 2.24) is 5.32 Å². The van der Waals surface area contributed by atoms with Crippen LogP contribution in [0.5, 0.6) is 0 Å². The molecule has 0 aromatic carbocycles. The molecule has 0 bridgehead atoms. The van der Waals surface area contributed by atoms with E-state index < -0.39 is 30.5 Å². The molecule has 1 fully saturated rings. The summed E-state index contributed by atoms with van der Waals surface area (Å²) in [5, 5.41) is 2.49. The smallest absolute Gasteiger partial charge is 0.449 e. The number of alkyl carbamates (subject to hydrolysis) is 1. The zero-order valence-corrected chi connectivity index (χ0v) is 14.4. The molecule has 0 aromatic rings. The number of nitrogens with one attached hydrogen (secondary N) is 1. The first kappa shape index (κ1) is 18.8. The van der Waals surface area contributed by atoms with E-state index in [2.05, 4.69) is 5.32 Å². The summed E-state index contributed by atoms with van der Waals surface area (Å²) in [6, 6.07) is -0.418. The number of rotatable bonds is 2. The van der Waals surface area contributed by atoms with Gasteiger partial charge in [0, 0.05) is 6.04 Å². The van der Waals surface area contributed by atoms with Gasteiger partial charge < -0.3 is 23.0 Å². The summed E-state index contributed by atoms with van der Waals surface area (Å²) < 4.78 is 42.4.